The number of carbonyl (C=O) groups excluding carboxylic acids is 1. The number of fused-ring (bicyclic) bond motifs is 1. The minimum atomic E-state index is -5.64. The molecule has 5 nitrogen and oxygen atoms in total. The fourth-order valence-corrected chi connectivity index (χ4v) is 3.00. The zero-order valence-electron chi connectivity index (χ0n) is 15.5. The van der Waals surface area contributed by atoms with Gasteiger partial charge in [0.05, 0.1) is 11.8 Å². The first kappa shape index (κ1) is 21.4. The second kappa shape index (κ2) is 7.70. The van der Waals surface area contributed by atoms with Crippen LogP contribution in [0.25, 0.3) is 11.3 Å². The van der Waals surface area contributed by atoms with Crippen LogP contribution >= 0.6 is 0 Å². The van der Waals surface area contributed by atoms with E-state index in [1.807, 2.05) is 0 Å². The number of rotatable bonds is 4. The van der Waals surface area contributed by atoms with Gasteiger partial charge in [-0.1, -0.05) is 6.07 Å². The predicted molar refractivity (Wildman–Crippen MR) is 95.8 cm³/mol. The molecular formula is C20H9F7N2O3. The first-order chi connectivity index (χ1) is 15.1. The number of anilines is 1. The number of nitrogens with one attached hydrogen (secondary N) is 1. The quantitative estimate of drug-likeness (QED) is 0.181. The highest BCUT2D eigenvalue weighted by Gasteiger charge is 2.42. The monoisotopic (exact) mass is 458 g/mol. The predicted octanol–water partition coefficient (Wildman–Crippen LogP) is 5.64. The van der Waals surface area contributed by atoms with E-state index in [4.69, 9.17) is 9.15 Å². The molecule has 1 aliphatic heterocycles. The van der Waals surface area contributed by atoms with Crippen molar-refractivity contribution in [2.45, 2.75) is 12.8 Å². The molecule has 0 bridgehead atoms. The molecule has 0 atom stereocenters. The molecule has 32 heavy (non-hydrogen) atoms. The molecule has 0 unspecified atom stereocenters. The first-order valence-electron chi connectivity index (χ1n) is 8.70. The Morgan fingerprint density at radius 2 is 1.66 bits per heavy atom. The van der Waals surface area contributed by atoms with E-state index < -0.39 is 46.7 Å². The first-order valence-corrected chi connectivity index (χ1v) is 8.70. The summed E-state index contributed by atoms with van der Waals surface area (Å²) in [6.45, 7) is 0.109. The van der Waals surface area contributed by atoms with Gasteiger partial charge in [0.15, 0.2) is 23.3 Å². The minimum absolute atomic E-state index is 0.0361. The van der Waals surface area contributed by atoms with Crippen LogP contribution in [0.15, 0.2) is 39.9 Å². The van der Waals surface area contributed by atoms with Gasteiger partial charge in [-0.3, -0.25) is 5.43 Å². The van der Waals surface area contributed by atoms with Gasteiger partial charge < -0.3 is 9.15 Å². The van der Waals surface area contributed by atoms with Gasteiger partial charge >= 0.3 is 12.1 Å². The molecular weight excluding hydrogens is 449 g/mol. The molecule has 0 saturated carbocycles. The Bertz CT molecular complexity index is 1240. The van der Waals surface area contributed by atoms with E-state index in [1.54, 1.807) is 23.6 Å². The molecule has 1 aliphatic rings. The lowest BCUT2D eigenvalue weighted by Crippen LogP contribution is -2.16. The van der Waals surface area contributed by atoms with Crippen molar-refractivity contribution in [3.8, 4) is 11.3 Å². The van der Waals surface area contributed by atoms with E-state index in [0.717, 1.165) is 6.21 Å². The Kier molecular flexibility index (Phi) is 5.15. The van der Waals surface area contributed by atoms with E-state index in [0.29, 0.717) is 22.5 Å². The van der Waals surface area contributed by atoms with Gasteiger partial charge in [-0.2, -0.15) is 18.3 Å². The molecule has 1 aromatic heterocycles. The van der Waals surface area contributed by atoms with Crippen molar-refractivity contribution < 1.29 is 44.7 Å². The largest absolute Gasteiger partial charge is 0.457 e. The van der Waals surface area contributed by atoms with Gasteiger partial charge in [0.1, 0.15) is 29.4 Å². The van der Waals surface area contributed by atoms with Crippen molar-refractivity contribution in [3.05, 3.63) is 76.1 Å². The van der Waals surface area contributed by atoms with E-state index >= 15 is 0 Å². The number of benzene rings is 2. The number of furan rings is 1. The van der Waals surface area contributed by atoms with Crippen molar-refractivity contribution >= 4 is 17.9 Å². The minimum Gasteiger partial charge on any atom is -0.457 e. The molecule has 4 rings (SSSR count). The van der Waals surface area contributed by atoms with Crippen molar-refractivity contribution in [1.29, 1.82) is 0 Å². The molecule has 0 amide bonds. The third-order valence-electron chi connectivity index (χ3n) is 4.51. The number of halogens is 7. The highest BCUT2D eigenvalue weighted by molar-refractivity contribution is 5.94. The van der Waals surface area contributed by atoms with E-state index in [2.05, 4.69) is 5.10 Å². The van der Waals surface area contributed by atoms with Crippen molar-refractivity contribution in [3.63, 3.8) is 0 Å². The number of ether oxygens (including phenoxy) is 1. The molecule has 12 heteroatoms. The van der Waals surface area contributed by atoms with E-state index in [-0.39, 0.29) is 12.4 Å². The maximum Gasteiger partial charge on any atom is 0.422 e. The summed E-state index contributed by atoms with van der Waals surface area (Å²) < 4.78 is 103. The van der Waals surface area contributed by atoms with Gasteiger partial charge in [-0.05, 0) is 24.3 Å². The lowest BCUT2D eigenvalue weighted by Gasteiger charge is -2.13. The number of esters is 1. The molecule has 166 valence electrons. The molecule has 0 radical (unpaired) electrons. The summed E-state index contributed by atoms with van der Waals surface area (Å²) in [5, 5.41) is 3.35. The van der Waals surface area contributed by atoms with Gasteiger partial charge in [0.2, 0.25) is 0 Å². The third kappa shape index (κ3) is 3.67. The third-order valence-corrected chi connectivity index (χ3v) is 4.51. The number of cyclic esters (lactones) is 1. The summed E-state index contributed by atoms with van der Waals surface area (Å²) in [4.78, 5) is 11.5. The lowest BCUT2D eigenvalue weighted by atomic mass is 10.0. The maximum absolute atomic E-state index is 13.8. The summed E-state index contributed by atoms with van der Waals surface area (Å²) in [6, 6.07) is 7.73. The zero-order chi connectivity index (χ0) is 23.2. The van der Waals surface area contributed by atoms with E-state index in [9.17, 15) is 35.5 Å². The number of alkyl halides is 3. The Morgan fingerprint density at radius 1 is 0.969 bits per heavy atom. The van der Waals surface area contributed by atoms with Crippen LogP contribution in [0, 0.1) is 23.3 Å². The standard InChI is InChI=1S/C20H9F7N2O3/c21-14-13(20(25,26)27)15(22)17(24)18(16(14)23)29-28-6-10-2-4-12(32-10)8-1-3-11-9(5-8)7-31-19(11)30/h1-6,29H,7H2/b28-6-. The van der Waals surface area contributed by atoms with Crippen LogP contribution in [-0.2, 0) is 17.5 Å². The Labute approximate surface area is 174 Å². The van der Waals surface area contributed by atoms with Crippen LogP contribution in [0.2, 0.25) is 0 Å². The molecule has 0 spiro atoms. The molecule has 0 aliphatic carbocycles. The highest BCUT2D eigenvalue weighted by atomic mass is 19.4. The maximum atomic E-state index is 13.8. The van der Waals surface area contributed by atoms with Crippen LogP contribution in [-0.4, -0.2) is 12.2 Å². The van der Waals surface area contributed by atoms with Crippen LogP contribution in [0.4, 0.5) is 36.4 Å². The smallest absolute Gasteiger partial charge is 0.422 e. The molecule has 1 N–H and O–H groups in total. The van der Waals surface area contributed by atoms with Gasteiger partial charge in [0, 0.05) is 11.1 Å². The second-order valence-corrected chi connectivity index (χ2v) is 6.52. The Balaban J connectivity index is 1.55. The number of hydrogen-bond donors (Lipinski definition) is 1. The molecule has 0 saturated heterocycles. The summed E-state index contributed by atoms with van der Waals surface area (Å²) in [5.74, 6) is -9.86. The van der Waals surface area contributed by atoms with Crippen LogP contribution in [0.5, 0.6) is 0 Å². The number of nitrogens with zero attached hydrogens (tertiary/aromatic N) is 1. The van der Waals surface area contributed by atoms with Gasteiger partial charge in [-0.15, -0.1) is 0 Å². The topological polar surface area (TPSA) is 63.8 Å². The summed E-state index contributed by atoms with van der Waals surface area (Å²) >= 11 is 0. The van der Waals surface area contributed by atoms with Crippen LogP contribution in [0.1, 0.15) is 27.2 Å². The highest BCUT2D eigenvalue weighted by Crippen LogP contribution is 2.38. The number of carbonyl (C=O) groups is 1. The number of hydrogen-bond acceptors (Lipinski definition) is 5. The summed E-state index contributed by atoms with van der Waals surface area (Å²) in [7, 11) is 0. The summed E-state index contributed by atoms with van der Waals surface area (Å²) in [6.07, 6.45) is -4.75. The normalized spacial score (nSPS) is 13.5. The fourth-order valence-electron chi connectivity index (χ4n) is 3.00. The molecule has 3 aromatic rings. The SMILES string of the molecule is O=C1OCc2cc(-c3ccc(/C=N\Nc4c(F)c(F)c(C(F)(F)F)c(F)c4F)o3)ccc21. The lowest BCUT2D eigenvalue weighted by molar-refractivity contribution is -0.143. The Hall–Kier alpha value is -3.83. The van der Waals surface area contributed by atoms with Gasteiger partial charge in [0.25, 0.3) is 0 Å². The van der Waals surface area contributed by atoms with Gasteiger partial charge in [-0.25, -0.2) is 22.4 Å². The molecule has 2 aromatic carbocycles. The average Bonchev–Trinajstić information content (AvgIpc) is 3.35. The van der Waals surface area contributed by atoms with Crippen molar-refractivity contribution in [2.75, 3.05) is 5.43 Å². The summed E-state index contributed by atoms with van der Waals surface area (Å²) in [5.41, 5.74) is -0.932. The molecule has 0 fully saturated rings. The van der Waals surface area contributed by atoms with Crippen molar-refractivity contribution in [1.82, 2.24) is 0 Å². The van der Waals surface area contributed by atoms with Crippen LogP contribution in [0.3, 0.4) is 0 Å². The van der Waals surface area contributed by atoms with Crippen LogP contribution < -0.4 is 5.43 Å². The Morgan fingerprint density at radius 3 is 2.31 bits per heavy atom. The zero-order valence-corrected chi connectivity index (χ0v) is 15.5. The van der Waals surface area contributed by atoms with E-state index in [1.165, 1.54) is 12.1 Å². The second-order valence-electron chi connectivity index (χ2n) is 6.52. The van der Waals surface area contributed by atoms with Crippen molar-refractivity contribution in [2.24, 2.45) is 5.10 Å². The number of hydrazone groups is 1. The molecule has 2 heterocycles. The fraction of sp³-hybridized carbons (Fsp3) is 0.100. The average molecular weight is 458 g/mol.